The van der Waals surface area contributed by atoms with Crippen LogP contribution in [0.3, 0.4) is 0 Å². The van der Waals surface area contributed by atoms with Crippen molar-refractivity contribution >= 4 is 35.8 Å². The zero-order valence-corrected chi connectivity index (χ0v) is 21.4. The zero-order valence-electron chi connectivity index (χ0n) is 19.1. The number of rotatable bonds is 8. The molecule has 1 amide bonds. The molecular formula is C22H37IN4O3. The molecule has 1 aliphatic rings. The molecular weight excluding hydrogens is 495 g/mol. The summed E-state index contributed by atoms with van der Waals surface area (Å²) >= 11 is 0. The van der Waals surface area contributed by atoms with E-state index < -0.39 is 0 Å². The lowest BCUT2D eigenvalue weighted by molar-refractivity contribution is -0.138. The molecule has 0 heterocycles. The van der Waals surface area contributed by atoms with Crippen LogP contribution in [0.15, 0.2) is 23.2 Å². The smallest absolute Gasteiger partial charge is 0.230 e. The maximum Gasteiger partial charge on any atom is 0.230 e. The maximum atomic E-state index is 12.8. The van der Waals surface area contributed by atoms with Crippen molar-refractivity contribution in [1.82, 2.24) is 15.5 Å². The van der Waals surface area contributed by atoms with Crippen LogP contribution < -0.4 is 20.1 Å². The van der Waals surface area contributed by atoms with Gasteiger partial charge in [0.2, 0.25) is 5.91 Å². The maximum absolute atomic E-state index is 12.8. The van der Waals surface area contributed by atoms with Crippen molar-refractivity contribution in [3.8, 4) is 11.5 Å². The number of hydrogen-bond donors (Lipinski definition) is 2. The van der Waals surface area contributed by atoms with Crippen LogP contribution in [-0.2, 0) is 4.79 Å². The number of halogens is 1. The number of benzene rings is 1. The second-order valence-corrected chi connectivity index (χ2v) is 7.86. The van der Waals surface area contributed by atoms with E-state index in [4.69, 9.17) is 14.5 Å². The highest BCUT2D eigenvalue weighted by Gasteiger charge is 2.42. The Labute approximate surface area is 198 Å². The highest BCUT2D eigenvalue weighted by molar-refractivity contribution is 14.0. The molecule has 1 aromatic carbocycles. The molecule has 170 valence electrons. The molecule has 7 nitrogen and oxygen atoms in total. The van der Waals surface area contributed by atoms with Gasteiger partial charge < -0.3 is 25.0 Å². The summed E-state index contributed by atoms with van der Waals surface area (Å²) in [6.45, 7) is 5.31. The van der Waals surface area contributed by atoms with Gasteiger partial charge in [-0.3, -0.25) is 9.79 Å². The van der Waals surface area contributed by atoms with Crippen molar-refractivity contribution in [2.24, 2.45) is 10.4 Å². The van der Waals surface area contributed by atoms with Gasteiger partial charge in [-0.1, -0.05) is 12.8 Å². The predicted octanol–water partition coefficient (Wildman–Crippen LogP) is 3.59. The monoisotopic (exact) mass is 532 g/mol. The molecule has 1 aromatic rings. The fourth-order valence-corrected chi connectivity index (χ4v) is 3.98. The fourth-order valence-electron chi connectivity index (χ4n) is 3.98. The van der Waals surface area contributed by atoms with Crippen LogP contribution in [0.2, 0.25) is 0 Å². The van der Waals surface area contributed by atoms with Crippen LogP contribution in [0.25, 0.3) is 0 Å². The van der Waals surface area contributed by atoms with E-state index in [1.807, 2.05) is 39.2 Å². The number of methoxy groups -OCH3 is 2. The minimum Gasteiger partial charge on any atom is -0.497 e. The molecule has 0 saturated heterocycles. The molecule has 1 saturated carbocycles. The molecule has 0 bridgehead atoms. The number of carbonyl (C=O) groups excluding carboxylic acids is 1. The summed E-state index contributed by atoms with van der Waals surface area (Å²) in [5.41, 5.74) is 0.598. The number of nitrogens with one attached hydrogen (secondary N) is 2. The fraction of sp³-hybridized carbons (Fsp3) is 0.636. The Balaban J connectivity index is 0.00000450. The van der Waals surface area contributed by atoms with Crippen LogP contribution in [0.4, 0.5) is 0 Å². The summed E-state index contributed by atoms with van der Waals surface area (Å²) < 4.78 is 10.9. The third kappa shape index (κ3) is 6.39. The second-order valence-electron chi connectivity index (χ2n) is 7.86. The summed E-state index contributed by atoms with van der Waals surface area (Å²) in [5, 5.41) is 6.75. The van der Waals surface area contributed by atoms with Crippen molar-refractivity contribution in [3.63, 3.8) is 0 Å². The van der Waals surface area contributed by atoms with Gasteiger partial charge in [-0.15, -0.1) is 24.0 Å². The SMILES string of the molecule is CCNC(=NCC1(C(=O)N(C)C)CCCC1)NC(C)c1cc(OC)ccc1OC.I. The van der Waals surface area contributed by atoms with Gasteiger partial charge in [0.25, 0.3) is 0 Å². The number of ether oxygens (including phenoxy) is 2. The molecule has 0 aromatic heterocycles. The van der Waals surface area contributed by atoms with E-state index in [-0.39, 0.29) is 41.3 Å². The Kier molecular flexibility index (Phi) is 10.7. The summed E-state index contributed by atoms with van der Waals surface area (Å²) in [6.07, 6.45) is 3.95. The van der Waals surface area contributed by atoms with Crippen molar-refractivity contribution < 1.29 is 14.3 Å². The summed E-state index contributed by atoms with van der Waals surface area (Å²) in [6, 6.07) is 5.70. The molecule has 0 spiro atoms. The van der Waals surface area contributed by atoms with Gasteiger partial charge in [0, 0.05) is 26.2 Å². The third-order valence-corrected chi connectivity index (χ3v) is 5.56. The first-order valence-corrected chi connectivity index (χ1v) is 10.4. The van der Waals surface area contributed by atoms with Crippen molar-refractivity contribution in [3.05, 3.63) is 23.8 Å². The average Bonchev–Trinajstić information content (AvgIpc) is 3.21. The summed E-state index contributed by atoms with van der Waals surface area (Å²) in [4.78, 5) is 19.3. The van der Waals surface area contributed by atoms with Crippen LogP contribution in [0.1, 0.15) is 51.1 Å². The molecule has 2 N–H and O–H groups in total. The van der Waals surface area contributed by atoms with Gasteiger partial charge in [-0.2, -0.15) is 0 Å². The lowest BCUT2D eigenvalue weighted by atomic mass is 9.85. The Bertz CT molecular complexity index is 718. The van der Waals surface area contributed by atoms with E-state index >= 15 is 0 Å². The summed E-state index contributed by atoms with van der Waals surface area (Å²) in [5.74, 6) is 2.44. The lowest BCUT2D eigenvalue weighted by Crippen LogP contribution is -2.43. The van der Waals surface area contributed by atoms with E-state index in [1.54, 1.807) is 19.1 Å². The van der Waals surface area contributed by atoms with Crippen LogP contribution in [0.5, 0.6) is 11.5 Å². The molecule has 8 heteroatoms. The third-order valence-electron chi connectivity index (χ3n) is 5.56. The highest BCUT2D eigenvalue weighted by Crippen LogP contribution is 2.39. The molecule has 1 fully saturated rings. The van der Waals surface area contributed by atoms with Crippen LogP contribution in [-0.4, -0.2) is 58.2 Å². The first-order valence-electron chi connectivity index (χ1n) is 10.4. The first-order chi connectivity index (χ1) is 13.9. The number of aliphatic imine (C=N–C) groups is 1. The topological polar surface area (TPSA) is 75.2 Å². The normalized spacial score (nSPS) is 16.3. The predicted molar refractivity (Wildman–Crippen MR) is 132 cm³/mol. The number of carbonyl (C=O) groups is 1. The molecule has 0 radical (unpaired) electrons. The van der Waals surface area contributed by atoms with Gasteiger partial charge in [-0.05, 0) is 44.9 Å². The molecule has 1 atom stereocenters. The number of nitrogens with zero attached hydrogens (tertiary/aromatic N) is 2. The van der Waals surface area contributed by atoms with E-state index in [2.05, 4.69) is 17.6 Å². The lowest BCUT2D eigenvalue weighted by Gasteiger charge is -2.29. The van der Waals surface area contributed by atoms with E-state index in [0.717, 1.165) is 49.3 Å². The molecule has 30 heavy (non-hydrogen) atoms. The summed E-state index contributed by atoms with van der Waals surface area (Å²) in [7, 11) is 6.96. The average molecular weight is 532 g/mol. The van der Waals surface area contributed by atoms with Crippen LogP contribution >= 0.6 is 24.0 Å². The van der Waals surface area contributed by atoms with E-state index in [9.17, 15) is 4.79 Å². The molecule has 1 aliphatic carbocycles. The van der Waals surface area contributed by atoms with Crippen molar-refractivity contribution in [1.29, 1.82) is 0 Å². The molecule has 1 unspecified atom stereocenters. The Morgan fingerprint density at radius 2 is 1.90 bits per heavy atom. The quantitative estimate of drug-likeness (QED) is 0.304. The standard InChI is InChI=1S/C22H36N4O3.HI/c1-7-23-21(24-15-22(12-8-9-13-22)20(27)26(3)4)25-16(2)18-14-17(28-5)10-11-19(18)29-6;/h10-11,14,16H,7-9,12-13,15H2,1-6H3,(H2,23,24,25);1H. The Morgan fingerprint density at radius 1 is 1.23 bits per heavy atom. The van der Waals surface area contributed by atoms with Gasteiger partial charge >= 0.3 is 0 Å². The largest absolute Gasteiger partial charge is 0.497 e. The number of hydrogen-bond acceptors (Lipinski definition) is 4. The first kappa shape index (κ1) is 26.3. The Morgan fingerprint density at radius 3 is 2.43 bits per heavy atom. The van der Waals surface area contributed by atoms with Gasteiger partial charge in [0.05, 0.1) is 32.2 Å². The van der Waals surface area contributed by atoms with Crippen molar-refractivity contribution in [2.75, 3.05) is 41.4 Å². The minimum atomic E-state index is -0.386. The van der Waals surface area contributed by atoms with Crippen molar-refractivity contribution in [2.45, 2.75) is 45.6 Å². The number of guanidine groups is 1. The second kappa shape index (κ2) is 12.2. The Hall–Kier alpha value is -1.71. The molecule has 2 rings (SSSR count). The van der Waals surface area contributed by atoms with Gasteiger partial charge in [0.15, 0.2) is 5.96 Å². The minimum absolute atomic E-state index is 0. The van der Waals surface area contributed by atoms with Gasteiger partial charge in [-0.25, -0.2) is 0 Å². The van der Waals surface area contributed by atoms with E-state index in [1.165, 1.54) is 0 Å². The number of amides is 1. The zero-order chi connectivity index (χ0) is 21.4. The van der Waals surface area contributed by atoms with Crippen LogP contribution in [0, 0.1) is 5.41 Å². The van der Waals surface area contributed by atoms with E-state index in [0.29, 0.717) is 12.5 Å². The molecule has 0 aliphatic heterocycles. The highest BCUT2D eigenvalue weighted by atomic mass is 127. The van der Waals surface area contributed by atoms with Gasteiger partial charge in [0.1, 0.15) is 11.5 Å².